The maximum absolute atomic E-state index is 13.2. The topological polar surface area (TPSA) is 107 Å². The number of carbonyl (C=O) groups is 2. The molecule has 0 radical (unpaired) electrons. The van der Waals surface area contributed by atoms with E-state index in [4.69, 9.17) is 5.26 Å². The number of nitriles is 1. The van der Waals surface area contributed by atoms with Gasteiger partial charge in [-0.25, -0.2) is 4.79 Å². The summed E-state index contributed by atoms with van der Waals surface area (Å²) in [5.41, 5.74) is 2.39. The van der Waals surface area contributed by atoms with E-state index in [1.165, 1.54) is 0 Å². The van der Waals surface area contributed by atoms with Crippen LogP contribution in [0.2, 0.25) is 0 Å². The highest BCUT2D eigenvalue weighted by molar-refractivity contribution is 5.99. The molecule has 5 rings (SSSR count). The smallest absolute Gasteiger partial charge is 0.323 e. The van der Waals surface area contributed by atoms with E-state index >= 15 is 0 Å². The fourth-order valence-corrected chi connectivity index (χ4v) is 4.92. The highest BCUT2D eigenvalue weighted by atomic mass is 16.2. The number of carbonyl (C=O) groups excluding carboxylic acids is 2. The van der Waals surface area contributed by atoms with Gasteiger partial charge in [-0.1, -0.05) is 24.3 Å². The van der Waals surface area contributed by atoms with Crippen molar-refractivity contribution < 1.29 is 9.59 Å². The lowest BCUT2D eigenvalue weighted by atomic mass is 9.83. The zero-order chi connectivity index (χ0) is 23.7. The molecule has 3 heterocycles. The number of likely N-dealkylation sites (tertiary alicyclic amines) is 1. The number of aromatic nitrogens is 1. The van der Waals surface area contributed by atoms with Crippen molar-refractivity contribution in [2.45, 2.75) is 18.9 Å². The molecule has 3 amide bonds. The molecule has 0 saturated carbocycles. The molecule has 8 heteroatoms. The van der Waals surface area contributed by atoms with Crippen molar-refractivity contribution in [1.29, 1.82) is 5.26 Å². The summed E-state index contributed by atoms with van der Waals surface area (Å²) < 4.78 is 1.73. The minimum atomic E-state index is -0.552. The van der Waals surface area contributed by atoms with Crippen molar-refractivity contribution in [3.8, 4) is 6.07 Å². The van der Waals surface area contributed by atoms with Crippen LogP contribution in [0.3, 0.4) is 0 Å². The van der Waals surface area contributed by atoms with Gasteiger partial charge in [0.2, 0.25) is 0 Å². The van der Waals surface area contributed by atoms with Crippen molar-refractivity contribution in [2.75, 3.05) is 23.7 Å². The normalized spacial score (nSPS) is 18.4. The molecule has 0 aliphatic carbocycles. The maximum Gasteiger partial charge on any atom is 0.323 e. The average Bonchev–Trinajstić information content (AvgIpc) is 2.86. The quantitative estimate of drug-likeness (QED) is 0.631. The SMILES string of the molecule is N#Cc1cccc(NC(=O)Nc2ccc3n(c2=O)C[C@@H]2C[C@@H]3CN(C(=O)c3ccccc3)C2)c1. The Bertz CT molecular complexity index is 1360. The van der Waals surface area contributed by atoms with Gasteiger partial charge in [0.1, 0.15) is 5.69 Å². The second-order valence-corrected chi connectivity index (χ2v) is 8.73. The summed E-state index contributed by atoms with van der Waals surface area (Å²) in [6.45, 7) is 1.67. The molecule has 2 aromatic carbocycles. The van der Waals surface area contributed by atoms with E-state index in [1.807, 2.05) is 47.4 Å². The van der Waals surface area contributed by atoms with Crippen molar-refractivity contribution in [3.63, 3.8) is 0 Å². The molecular formula is C26H23N5O3. The molecule has 2 aliphatic heterocycles. The summed E-state index contributed by atoms with van der Waals surface area (Å²) in [7, 11) is 0. The Hall–Kier alpha value is -4.38. The van der Waals surface area contributed by atoms with Gasteiger partial charge >= 0.3 is 6.03 Å². The Balaban J connectivity index is 1.32. The third kappa shape index (κ3) is 4.16. The first-order chi connectivity index (χ1) is 16.5. The molecule has 2 atom stereocenters. The molecule has 8 nitrogen and oxygen atoms in total. The number of hydrogen-bond acceptors (Lipinski definition) is 4. The fraction of sp³-hybridized carbons (Fsp3) is 0.231. The van der Waals surface area contributed by atoms with Gasteiger partial charge < -0.3 is 20.1 Å². The lowest BCUT2D eigenvalue weighted by Gasteiger charge is -2.43. The number of nitrogens with zero attached hydrogens (tertiary/aromatic N) is 3. The molecule has 1 aromatic heterocycles. The highest BCUT2D eigenvalue weighted by Crippen LogP contribution is 2.36. The van der Waals surface area contributed by atoms with E-state index in [1.54, 1.807) is 34.9 Å². The van der Waals surface area contributed by atoms with Gasteiger partial charge in [0, 0.05) is 42.5 Å². The van der Waals surface area contributed by atoms with Crippen molar-refractivity contribution >= 4 is 23.3 Å². The molecule has 2 bridgehead atoms. The molecule has 1 fully saturated rings. The number of anilines is 2. The lowest BCUT2D eigenvalue weighted by molar-refractivity contribution is 0.0594. The maximum atomic E-state index is 13.2. The Labute approximate surface area is 196 Å². The summed E-state index contributed by atoms with van der Waals surface area (Å²) in [5.74, 6) is 0.264. The van der Waals surface area contributed by atoms with Crippen LogP contribution in [0.5, 0.6) is 0 Å². The van der Waals surface area contributed by atoms with Crippen molar-refractivity contribution in [2.24, 2.45) is 5.92 Å². The predicted molar refractivity (Wildman–Crippen MR) is 128 cm³/mol. The molecule has 34 heavy (non-hydrogen) atoms. The van der Waals surface area contributed by atoms with Crippen LogP contribution in [0.1, 0.15) is 34.0 Å². The standard InChI is InChI=1S/C26H23N5O3/c27-13-17-5-4-8-21(12-17)28-26(34)29-22-9-10-23-20-11-18(15-31(23)25(22)33)14-30(16-20)24(32)19-6-2-1-3-7-19/h1-10,12,18,20H,11,14-16H2,(H2,28,29,34)/t18-,20-/m1/s1. The van der Waals surface area contributed by atoms with Crippen LogP contribution in [-0.4, -0.2) is 34.5 Å². The Kier molecular flexibility index (Phi) is 5.60. The third-order valence-corrected chi connectivity index (χ3v) is 6.41. The first kappa shape index (κ1) is 21.5. The van der Waals surface area contributed by atoms with E-state index in [9.17, 15) is 14.4 Å². The summed E-state index contributed by atoms with van der Waals surface area (Å²) >= 11 is 0. The van der Waals surface area contributed by atoms with Crippen LogP contribution in [0.4, 0.5) is 16.2 Å². The lowest BCUT2D eigenvalue weighted by Crippen LogP contribution is -2.49. The number of hydrogen-bond donors (Lipinski definition) is 2. The first-order valence-corrected chi connectivity index (χ1v) is 11.2. The van der Waals surface area contributed by atoms with Gasteiger partial charge in [-0.3, -0.25) is 9.59 Å². The molecule has 3 aromatic rings. The van der Waals surface area contributed by atoms with E-state index in [0.717, 1.165) is 12.1 Å². The van der Waals surface area contributed by atoms with Gasteiger partial charge in [0.25, 0.3) is 11.5 Å². The number of rotatable bonds is 3. The molecule has 170 valence electrons. The number of fused-ring (bicyclic) bond motifs is 4. The van der Waals surface area contributed by atoms with Crippen LogP contribution in [0.15, 0.2) is 71.5 Å². The minimum Gasteiger partial charge on any atom is -0.338 e. The Morgan fingerprint density at radius 3 is 2.56 bits per heavy atom. The summed E-state index contributed by atoms with van der Waals surface area (Å²) in [4.78, 5) is 40.5. The van der Waals surface area contributed by atoms with Gasteiger partial charge in [0.05, 0.1) is 11.6 Å². The molecule has 0 spiro atoms. The Morgan fingerprint density at radius 1 is 0.941 bits per heavy atom. The number of pyridine rings is 1. The number of benzene rings is 2. The van der Waals surface area contributed by atoms with E-state index in [0.29, 0.717) is 36.4 Å². The summed E-state index contributed by atoms with van der Waals surface area (Å²) in [6, 6.07) is 20.8. The third-order valence-electron chi connectivity index (χ3n) is 6.41. The molecule has 2 N–H and O–H groups in total. The molecular weight excluding hydrogens is 430 g/mol. The second kappa shape index (κ2) is 8.87. The summed E-state index contributed by atoms with van der Waals surface area (Å²) in [6.07, 6.45) is 0.931. The number of piperidine rings is 1. The van der Waals surface area contributed by atoms with Gasteiger partial charge in [-0.2, -0.15) is 5.26 Å². The van der Waals surface area contributed by atoms with E-state index in [2.05, 4.69) is 10.6 Å². The van der Waals surface area contributed by atoms with Gasteiger partial charge in [0.15, 0.2) is 0 Å². The van der Waals surface area contributed by atoms with Crippen LogP contribution >= 0.6 is 0 Å². The van der Waals surface area contributed by atoms with Gasteiger partial charge in [-0.05, 0) is 54.8 Å². The molecule has 2 aliphatic rings. The summed E-state index contributed by atoms with van der Waals surface area (Å²) in [5, 5.41) is 14.3. The van der Waals surface area contributed by atoms with E-state index < -0.39 is 6.03 Å². The average molecular weight is 454 g/mol. The molecule has 0 unspecified atom stereocenters. The molecule has 1 saturated heterocycles. The first-order valence-electron chi connectivity index (χ1n) is 11.2. The number of urea groups is 1. The van der Waals surface area contributed by atoms with Crippen molar-refractivity contribution in [3.05, 3.63) is 93.9 Å². The van der Waals surface area contributed by atoms with Crippen LogP contribution < -0.4 is 16.2 Å². The second-order valence-electron chi connectivity index (χ2n) is 8.73. The van der Waals surface area contributed by atoms with Crippen molar-refractivity contribution in [1.82, 2.24) is 9.47 Å². The largest absolute Gasteiger partial charge is 0.338 e. The van der Waals surface area contributed by atoms with Gasteiger partial charge in [-0.15, -0.1) is 0 Å². The fourth-order valence-electron chi connectivity index (χ4n) is 4.92. The predicted octanol–water partition coefficient (Wildman–Crippen LogP) is 3.62. The zero-order valence-electron chi connectivity index (χ0n) is 18.4. The van der Waals surface area contributed by atoms with E-state index in [-0.39, 0.29) is 29.0 Å². The monoisotopic (exact) mass is 453 g/mol. The zero-order valence-corrected chi connectivity index (χ0v) is 18.4. The number of amides is 3. The minimum absolute atomic E-state index is 0.0153. The van der Waals surface area contributed by atoms with Crippen LogP contribution in [0, 0.1) is 17.2 Å². The van der Waals surface area contributed by atoms with Crippen LogP contribution in [0.25, 0.3) is 0 Å². The Morgan fingerprint density at radius 2 is 1.76 bits per heavy atom. The highest BCUT2D eigenvalue weighted by Gasteiger charge is 2.37. The number of nitrogens with one attached hydrogen (secondary N) is 2. The van der Waals surface area contributed by atoms with Crippen LogP contribution in [-0.2, 0) is 6.54 Å².